The van der Waals surface area contributed by atoms with Gasteiger partial charge in [0.05, 0.1) is 0 Å². The van der Waals surface area contributed by atoms with Crippen molar-refractivity contribution in [1.82, 2.24) is 47.6 Å². The van der Waals surface area contributed by atoms with Gasteiger partial charge in [0.2, 0.25) is 0 Å². The lowest BCUT2D eigenvalue weighted by atomic mass is 10.6. The van der Waals surface area contributed by atoms with E-state index in [0.29, 0.717) is 0 Å². The van der Waals surface area contributed by atoms with Gasteiger partial charge in [0.15, 0.2) is 0 Å². The maximum absolute atomic E-state index is 10.8. The smallest absolute Gasteiger partial charge is 0.326 e. The minimum absolute atomic E-state index is 0. The van der Waals surface area contributed by atoms with Crippen LogP contribution in [0.5, 0.6) is 0 Å². The maximum Gasteiger partial charge on any atom is 0.345 e. The van der Waals surface area contributed by atoms with E-state index < -0.39 is 0 Å². The molecule has 3 aromatic heterocycles. The first kappa shape index (κ1) is 35.7. The summed E-state index contributed by atoms with van der Waals surface area (Å²) in [6.45, 7) is 1.74. The highest BCUT2D eigenvalue weighted by Gasteiger charge is 2.20. The number of hydrogen-bond donors (Lipinski definition) is 0. The molecule has 0 unspecified atom stereocenters. The standard InChI is InChI=1S/C5H10N2O.C5H8N2O.2C4H7N3O.3CH4/c2*1-6-3-4-7(2)5(6)8;2*1-6-3-5-7(2)4(6)8;;;/h3-4H2,1-2H3;3-4H,1-2H3;2*3H,1-2H3;3*1H4. The molecule has 0 spiro atoms. The normalized spacial score (nSPS) is 11.4. The van der Waals surface area contributed by atoms with Crippen molar-refractivity contribution in [2.24, 2.45) is 42.3 Å². The number of hydrogen-bond acceptors (Lipinski definition) is 6. The molecule has 0 aromatic carbocycles. The Morgan fingerprint density at radius 1 is 0.543 bits per heavy atom. The number of nitrogens with zero attached hydrogens (tertiary/aromatic N) is 10. The van der Waals surface area contributed by atoms with Crippen LogP contribution in [0.1, 0.15) is 22.3 Å². The molecular formula is C21H44N10O4. The van der Waals surface area contributed by atoms with Crippen LogP contribution < -0.4 is 17.1 Å². The van der Waals surface area contributed by atoms with Crippen molar-refractivity contribution in [2.75, 3.05) is 27.2 Å². The Bertz CT molecular complexity index is 974. The zero-order valence-electron chi connectivity index (χ0n) is 19.8. The summed E-state index contributed by atoms with van der Waals surface area (Å²) in [4.78, 5) is 46.1. The first-order valence-electron chi connectivity index (χ1n) is 9.60. The Morgan fingerprint density at radius 3 is 0.943 bits per heavy atom. The third-order valence-electron chi connectivity index (χ3n) is 4.49. The van der Waals surface area contributed by atoms with Gasteiger partial charge in [0, 0.05) is 81.9 Å². The third kappa shape index (κ3) is 10.3. The molecule has 3 aromatic rings. The van der Waals surface area contributed by atoms with Gasteiger partial charge in [-0.3, -0.25) is 9.13 Å². The predicted octanol–water partition coefficient (Wildman–Crippen LogP) is -0.147. The lowest BCUT2D eigenvalue weighted by Crippen LogP contribution is -2.25. The van der Waals surface area contributed by atoms with Crippen LogP contribution >= 0.6 is 0 Å². The van der Waals surface area contributed by atoms with Crippen molar-refractivity contribution in [3.05, 3.63) is 56.5 Å². The average Bonchev–Trinajstić information content (AvgIpc) is 3.44. The van der Waals surface area contributed by atoms with Gasteiger partial charge in [0.25, 0.3) is 0 Å². The molecule has 35 heavy (non-hydrogen) atoms. The van der Waals surface area contributed by atoms with Crippen LogP contribution in [0.3, 0.4) is 0 Å². The van der Waals surface area contributed by atoms with E-state index in [-0.39, 0.29) is 45.4 Å². The summed E-state index contributed by atoms with van der Waals surface area (Å²) in [7, 11) is 13.6. The van der Waals surface area contributed by atoms with E-state index in [1.54, 1.807) is 64.5 Å². The number of carbonyl (C=O) groups is 1. The molecule has 4 rings (SSSR count). The highest BCUT2D eigenvalue weighted by atomic mass is 16.2. The highest BCUT2D eigenvalue weighted by molar-refractivity contribution is 5.75. The highest BCUT2D eigenvalue weighted by Crippen LogP contribution is 2.00. The number of rotatable bonds is 0. The number of urea groups is 1. The molecule has 14 nitrogen and oxygen atoms in total. The summed E-state index contributed by atoms with van der Waals surface area (Å²) >= 11 is 0. The van der Waals surface area contributed by atoms with E-state index in [2.05, 4.69) is 10.2 Å². The van der Waals surface area contributed by atoms with Gasteiger partial charge < -0.3 is 18.9 Å². The summed E-state index contributed by atoms with van der Waals surface area (Å²) in [5, 5.41) is 7.37. The molecule has 14 heteroatoms. The van der Waals surface area contributed by atoms with Crippen LogP contribution in [0.15, 0.2) is 39.4 Å². The topological polar surface area (TPSA) is 130 Å². The molecule has 0 saturated carbocycles. The lowest BCUT2D eigenvalue weighted by molar-refractivity contribution is 0.205. The van der Waals surface area contributed by atoms with E-state index in [1.165, 1.54) is 40.3 Å². The third-order valence-corrected chi connectivity index (χ3v) is 4.49. The van der Waals surface area contributed by atoms with Crippen LogP contribution in [0.4, 0.5) is 4.79 Å². The molecule has 4 heterocycles. The number of aromatic nitrogens is 8. The van der Waals surface area contributed by atoms with E-state index in [9.17, 15) is 19.2 Å². The minimum atomic E-state index is -0.0926. The molecule has 1 aliphatic heterocycles. The molecule has 1 aliphatic rings. The second-order valence-corrected chi connectivity index (χ2v) is 7.22. The molecule has 1 fully saturated rings. The van der Waals surface area contributed by atoms with Gasteiger partial charge in [-0.2, -0.15) is 10.2 Å². The molecular weight excluding hydrogens is 456 g/mol. The monoisotopic (exact) mass is 500 g/mol. The molecule has 1 saturated heterocycles. The van der Waals surface area contributed by atoms with Crippen molar-refractivity contribution >= 4 is 6.03 Å². The number of amides is 2. The predicted molar refractivity (Wildman–Crippen MR) is 138 cm³/mol. The van der Waals surface area contributed by atoms with Gasteiger partial charge in [-0.1, -0.05) is 22.3 Å². The van der Waals surface area contributed by atoms with Crippen molar-refractivity contribution in [3.8, 4) is 0 Å². The van der Waals surface area contributed by atoms with Gasteiger partial charge in [-0.25, -0.2) is 28.5 Å². The van der Waals surface area contributed by atoms with Crippen molar-refractivity contribution in [1.29, 1.82) is 0 Å². The Kier molecular flexibility index (Phi) is 16.2. The summed E-state index contributed by atoms with van der Waals surface area (Å²) in [6.07, 6.45) is 6.40. The fraction of sp³-hybridized carbons (Fsp3) is 0.619. The van der Waals surface area contributed by atoms with Gasteiger partial charge >= 0.3 is 23.1 Å². The second kappa shape index (κ2) is 15.9. The van der Waals surface area contributed by atoms with Crippen molar-refractivity contribution < 1.29 is 4.79 Å². The Morgan fingerprint density at radius 2 is 0.857 bits per heavy atom. The van der Waals surface area contributed by atoms with Crippen LogP contribution in [0.2, 0.25) is 0 Å². The molecule has 0 atom stereocenters. The second-order valence-electron chi connectivity index (χ2n) is 7.22. The summed E-state index contributed by atoms with van der Waals surface area (Å²) in [5.41, 5.74) is -0.167. The lowest BCUT2D eigenvalue weighted by Gasteiger charge is -2.07. The number of likely N-dealkylation sites (N-methyl/N-ethyl adjacent to an activating group) is 2. The Hall–Kier alpha value is -3.84. The maximum atomic E-state index is 10.8. The van der Waals surface area contributed by atoms with Crippen LogP contribution in [-0.2, 0) is 42.3 Å². The largest absolute Gasteiger partial charge is 0.345 e. The average molecular weight is 501 g/mol. The van der Waals surface area contributed by atoms with E-state index in [0.717, 1.165) is 13.1 Å². The Labute approximate surface area is 207 Å². The summed E-state index contributed by atoms with van der Waals surface area (Å²) < 4.78 is 8.44. The van der Waals surface area contributed by atoms with Gasteiger partial charge in [-0.15, -0.1) is 0 Å². The van der Waals surface area contributed by atoms with Crippen molar-refractivity contribution in [3.63, 3.8) is 0 Å². The molecule has 2 amide bonds. The first-order valence-corrected chi connectivity index (χ1v) is 9.60. The minimum Gasteiger partial charge on any atom is -0.326 e. The zero-order chi connectivity index (χ0) is 24.6. The van der Waals surface area contributed by atoms with Crippen molar-refractivity contribution in [2.45, 2.75) is 22.3 Å². The Balaban J connectivity index is -0.000000379. The SMILES string of the molecule is C.C.C.CN1CCN(C)C1=O.Cn1ccn(C)c1=O.Cn1cnn(C)c1=O.Cn1cnn(C)c1=O. The number of carbonyl (C=O) groups excluding carboxylic acids is 1. The molecule has 202 valence electrons. The summed E-state index contributed by atoms with van der Waals surface area (Å²) in [5.74, 6) is 0. The zero-order valence-corrected chi connectivity index (χ0v) is 19.8. The quantitative estimate of drug-likeness (QED) is 0.422. The fourth-order valence-electron chi connectivity index (χ4n) is 2.32. The van der Waals surface area contributed by atoms with E-state index >= 15 is 0 Å². The summed E-state index contributed by atoms with van der Waals surface area (Å²) in [6, 6.07) is 0.130. The van der Waals surface area contributed by atoms with E-state index in [4.69, 9.17) is 0 Å². The molecule has 0 bridgehead atoms. The molecule has 0 N–H and O–H groups in total. The number of aryl methyl sites for hydroxylation is 6. The van der Waals surface area contributed by atoms with Crippen LogP contribution in [0, 0.1) is 0 Å². The molecule has 0 aliphatic carbocycles. The van der Waals surface area contributed by atoms with Crippen LogP contribution in [-0.4, -0.2) is 80.8 Å². The van der Waals surface area contributed by atoms with Crippen LogP contribution in [0.25, 0.3) is 0 Å². The van der Waals surface area contributed by atoms with Gasteiger partial charge in [-0.05, 0) is 0 Å². The molecule has 0 radical (unpaired) electrons. The first-order chi connectivity index (χ1) is 14.9. The van der Waals surface area contributed by atoms with Gasteiger partial charge in [0.1, 0.15) is 12.7 Å². The fourth-order valence-corrected chi connectivity index (χ4v) is 2.32. The van der Waals surface area contributed by atoms with E-state index in [1.807, 2.05) is 14.1 Å². The number of imidazole rings is 1.